The van der Waals surface area contributed by atoms with Crippen molar-refractivity contribution < 1.29 is 22.7 Å². The van der Waals surface area contributed by atoms with Gasteiger partial charge in [0.1, 0.15) is 18.3 Å². The Labute approximate surface area is 258 Å². The Morgan fingerprint density at radius 1 is 1.00 bits per heavy atom. The van der Waals surface area contributed by atoms with Crippen LogP contribution in [0.1, 0.15) is 44.2 Å². The van der Waals surface area contributed by atoms with Crippen molar-refractivity contribution in [3.05, 3.63) is 87.9 Å². The average Bonchev–Trinajstić information content (AvgIpc) is 2.97. The number of aryl methyl sites for hydroxylation is 1. The van der Waals surface area contributed by atoms with Crippen molar-refractivity contribution in [3.63, 3.8) is 0 Å². The molecule has 8 nitrogen and oxygen atoms in total. The van der Waals surface area contributed by atoms with Crippen molar-refractivity contribution in [1.29, 1.82) is 0 Å². The molecule has 0 bridgehead atoms. The minimum absolute atomic E-state index is 0.0171. The van der Waals surface area contributed by atoms with E-state index in [-0.39, 0.29) is 28.8 Å². The normalized spacial score (nSPS) is 12.0. The molecule has 0 radical (unpaired) electrons. The lowest BCUT2D eigenvalue weighted by atomic mass is 10.1. The molecule has 0 fully saturated rings. The van der Waals surface area contributed by atoms with E-state index in [9.17, 15) is 18.0 Å². The summed E-state index contributed by atoms with van der Waals surface area (Å²) in [6, 6.07) is 17.0. The van der Waals surface area contributed by atoms with Crippen LogP contribution in [0.3, 0.4) is 0 Å². The van der Waals surface area contributed by atoms with Gasteiger partial charge in [0.05, 0.1) is 17.7 Å². The quantitative estimate of drug-likeness (QED) is 0.212. The minimum atomic E-state index is -4.23. The molecule has 3 aromatic carbocycles. The molecule has 0 spiro atoms. The number of benzene rings is 3. The van der Waals surface area contributed by atoms with Gasteiger partial charge in [0, 0.05) is 23.1 Å². The number of sulfonamides is 1. The van der Waals surface area contributed by atoms with Gasteiger partial charge in [0.25, 0.3) is 10.0 Å². The zero-order valence-electron chi connectivity index (χ0n) is 24.3. The van der Waals surface area contributed by atoms with Gasteiger partial charge >= 0.3 is 0 Å². The number of nitrogens with one attached hydrogen (secondary N) is 1. The molecule has 0 unspecified atom stereocenters. The maximum absolute atomic E-state index is 14.2. The van der Waals surface area contributed by atoms with Gasteiger partial charge in [-0.3, -0.25) is 13.9 Å². The number of nitrogens with zero attached hydrogens (tertiary/aromatic N) is 2. The smallest absolute Gasteiger partial charge is 0.264 e. The molecule has 0 aromatic heterocycles. The van der Waals surface area contributed by atoms with Crippen molar-refractivity contribution in [2.24, 2.45) is 0 Å². The first-order valence-electron chi connectivity index (χ1n) is 13.8. The molecule has 0 heterocycles. The van der Waals surface area contributed by atoms with Crippen LogP contribution in [0.2, 0.25) is 10.0 Å². The topological polar surface area (TPSA) is 96.0 Å². The summed E-state index contributed by atoms with van der Waals surface area (Å²) in [5, 5.41) is 3.66. The molecule has 1 atom stereocenters. The molecular formula is C31H37Cl2N3O5S. The number of methoxy groups -OCH3 is 1. The van der Waals surface area contributed by atoms with E-state index in [1.165, 1.54) is 24.1 Å². The van der Waals surface area contributed by atoms with Gasteiger partial charge in [-0.2, -0.15) is 0 Å². The maximum Gasteiger partial charge on any atom is 0.264 e. The third kappa shape index (κ3) is 8.18. The molecule has 0 aliphatic carbocycles. The van der Waals surface area contributed by atoms with Gasteiger partial charge in [-0.05, 0) is 61.7 Å². The fourth-order valence-electron chi connectivity index (χ4n) is 4.45. The van der Waals surface area contributed by atoms with E-state index in [0.717, 1.165) is 22.7 Å². The molecular weight excluding hydrogens is 597 g/mol. The number of anilines is 1. The summed E-state index contributed by atoms with van der Waals surface area (Å²) in [5.74, 6) is -0.632. The molecule has 11 heteroatoms. The first kappa shape index (κ1) is 33.2. The lowest BCUT2D eigenvalue weighted by molar-refractivity contribution is -0.140. The van der Waals surface area contributed by atoms with Crippen molar-refractivity contribution in [1.82, 2.24) is 10.2 Å². The molecule has 0 aliphatic heterocycles. The summed E-state index contributed by atoms with van der Waals surface area (Å²) < 4.78 is 34.6. The number of carbonyl (C=O) groups excluding carboxylic acids is 2. The molecule has 3 aromatic rings. The molecule has 2 amide bonds. The minimum Gasteiger partial charge on any atom is -0.495 e. The van der Waals surface area contributed by atoms with Crippen LogP contribution in [-0.4, -0.2) is 51.4 Å². The van der Waals surface area contributed by atoms with E-state index in [2.05, 4.69) is 5.32 Å². The lowest BCUT2D eigenvalue weighted by Crippen LogP contribution is -2.52. The molecule has 3 rings (SSSR count). The Bertz CT molecular complexity index is 1480. The fourth-order valence-corrected chi connectivity index (χ4v) is 6.34. The van der Waals surface area contributed by atoms with Gasteiger partial charge in [0.15, 0.2) is 0 Å². The van der Waals surface area contributed by atoms with E-state index >= 15 is 0 Å². The van der Waals surface area contributed by atoms with Crippen LogP contribution < -0.4 is 14.4 Å². The first-order chi connectivity index (χ1) is 20.0. The van der Waals surface area contributed by atoms with Gasteiger partial charge < -0.3 is 15.0 Å². The highest BCUT2D eigenvalue weighted by Crippen LogP contribution is 2.33. The zero-order valence-corrected chi connectivity index (χ0v) is 26.6. The van der Waals surface area contributed by atoms with E-state index in [4.69, 9.17) is 27.9 Å². The van der Waals surface area contributed by atoms with Crippen molar-refractivity contribution in [3.8, 4) is 5.75 Å². The number of halogens is 2. The number of hydrogen-bond donors (Lipinski definition) is 1. The van der Waals surface area contributed by atoms with Crippen LogP contribution >= 0.6 is 23.2 Å². The molecule has 42 heavy (non-hydrogen) atoms. The third-order valence-electron chi connectivity index (χ3n) is 6.81. The molecule has 0 saturated carbocycles. The zero-order chi connectivity index (χ0) is 30.9. The van der Waals surface area contributed by atoms with Gasteiger partial charge in [-0.15, -0.1) is 0 Å². The van der Waals surface area contributed by atoms with Crippen LogP contribution in [0.4, 0.5) is 5.69 Å². The Hall–Kier alpha value is -3.27. The second-order valence-corrected chi connectivity index (χ2v) is 12.5. The number of rotatable bonds is 14. The largest absolute Gasteiger partial charge is 0.495 e. The van der Waals surface area contributed by atoms with Crippen molar-refractivity contribution in [2.45, 2.75) is 57.5 Å². The Kier molecular flexibility index (Phi) is 12.1. The van der Waals surface area contributed by atoms with Gasteiger partial charge in [-0.1, -0.05) is 79.4 Å². The number of ether oxygens (including phenoxy) is 1. The monoisotopic (exact) mass is 633 g/mol. The van der Waals surface area contributed by atoms with E-state index in [1.807, 2.05) is 13.8 Å². The Morgan fingerprint density at radius 2 is 1.69 bits per heavy atom. The highest BCUT2D eigenvalue weighted by Gasteiger charge is 2.35. The second kappa shape index (κ2) is 15.3. The van der Waals surface area contributed by atoms with Crippen LogP contribution in [0.15, 0.2) is 71.6 Å². The highest BCUT2D eigenvalue weighted by molar-refractivity contribution is 7.92. The molecule has 226 valence electrons. The predicted molar refractivity (Wildman–Crippen MR) is 168 cm³/mol. The SMILES string of the molecule is CCCCNC(=O)[C@H](CC)N(Cc1ccc(Cl)cc1Cl)C(=O)CN(c1ccccc1OC)S(=O)(=O)c1ccc(C)cc1. The summed E-state index contributed by atoms with van der Waals surface area (Å²) in [5.41, 5.74) is 1.65. The summed E-state index contributed by atoms with van der Waals surface area (Å²) in [7, 11) is -2.80. The summed E-state index contributed by atoms with van der Waals surface area (Å²) >= 11 is 12.6. The van der Waals surface area contributed by atoms with E-state index < -0.39 is 28.5 Å². The van der Waals surface area contributed by atoms with Gasteiger partial charge in [0.2, 0.25) is 11.8 Å². The number of carbonyl (C=O) groups is 2. The molecule has 0 aliphatic rings. The number of para-hydroxylation sites is 2. The van der Waals surface area contributed by atoms with Crippen molar-refractivity contribution in [2.75, 3.05) is 24.5 Å². The third-order valence-corrected chi connectivity index (χ3v) is 9.17. The standard InChI is InChI=1S/C31H37Cl2N3O5S/c1-5-7-18-34-31(38)27(6-2)35(20-23-14-15-24(32)19-26(23)33)30(37)21-36(28-10-8-9-11-29(28)41-4)42(39,40)25-16-12-22(3)13-17-25/h8-17,19,27H,5-7,18,20-21H2,1-4H3,(H,34,38)/t27-/m0/s1. The highest BCUT2D eigenvalue weighted by atomic mass is 35.5. The Morgan fingerprint density at radius 3 is 2.31 bits per heavy atom. The van der Waals surface area contributed by atoms with Crippen LogP contribution in [0, 0.1) is 6.92 Å². The van der Waals surface area contributed by atoms with Crippen LogP contribution in [0.25, 0.3) is 0 Å². The summed E-state index contributed by atoms with van der Waals surface area (Å²) in [6.07, 6.45) is 1.98. The number of amides is 2. The van der Waals surface area contributed by atoms with Crippen LogP contribution in [-0.2, 0) is 26.2 Å². The maximum atomic E-state index is 14.2. The lowest BCUT2D eigenvalue weighted by Gasteiger charge is -2.33. The van der Waals surface area contributed by atoms with Crippen LogP contribution in [0.5, 0.6) is 5.75 Å². The fraction of sp³-hybridized carbons (Fsp3) is 0.355. The van der Waals surface area contributed by atoms with E-state index in [0.29, 0.717) is 28.6 Å². The number of unbranched alkanes of at least 4 members (excludes halogenated alkanes) is 1. The predicted octanol–water partition coefficient (Wildman–Crippen LogP) is 6.23. The first-order valence-corrected chi connectivity index (χ1v) is 16.0. The molecule has 1 N–H and O–H groups in total. The van der Waals surface area contributed by atoms with Crippen molar-refractivity contribution >= 4 is 50.7 Å². The average molecular weight is 635 g/mol. The Balaban J connectivity index is 2.09. The summed E-state index contributed by atoms with van der Waals surface area (Å²) in [6.45, 7) is 5.52. The second-order valence-electron chi connectivity index (χ2n) is 9.82. The van der Waals surface area contributed by atoms with Gasteiger partial charge in [-0.25, -0.2) is 8.42 Å². The molecule has 0 saturated heterocycles. The summed E-state index contributed by atoms with van der Waals surface area (Å²) in [4.78, 5) is 28.9. The number of hydrogen-bond acceptors (Lipinski definition) is 5. The van der Waals surface area contributed by atoms with E-state index in [1.54, 1.807) is 61.5 Å².